The Bertz CT molecular complexity index is 786. The first-order chi connectivity index (χ1) is 11.7. The van der Waals surface area contributed by atoms with Gasteiger partial charge in [0.1, 0.15) is 13.2 Å². The highest BCUT2D eigenvalue weighted by molar-refractivity contribution is 6.33. The van der Waals surface area contributed by atoms with Crippen molar-refractivity contribution in [2.24, 2.45) is 0 Å². The second kappa shape index (κ2) is 6.02. The highest BCUT2D eigenvalue weighted by Gasteiger charge is 2.45. The molecule has 2 aromatic rings. The van der Waals surface area contributed by atoms with E-state index in [4.69, 9.17) is 21.1 Å². The second-order valence-electron chi connectivity index (χ2n) is 6.30. The third kappa shape index (κ3) is 2.82. The summed E-state index contributed by atoms with van der Waals surface area (Å²) in [6.07, 6.45) is 2.10. The molecule has 2 aliphatic rings. The van der Waals surface area contributed by atoms with Crippen LogP contribution in [0.1, 0.15) is 28.8 Å². The van der Waals surface area contributed by atoms with E-state index in [0.717, 1.165) is 24.3 Å². The van der Waals surface area contributed by atoms with Crippen LogP contribution in [-0.4, -0.2) is 25.7 Å². The van der Waals surface area contributed by atoms with Crippen molar-refractivity contribution in [1.29, 1.82) is 0 Å². The lowest BCUT2D eigenvalue weighted by molar-refractivity contribution is 0.0950. The fourth-order valence-corrected chi connectivity index (χ4v) is 3.30. The van der Waals surface area contributed by atoms with Crippen LogP contribution in [0.2, 0.25) is 5.02 Å². The van der Waals surface area contributed by atoms with Gasteiger partial charge in [0, 0.05) is 12.0 Å². The molecule has 1 aliphatic carbocycles. The Morgan fingerprint density at radius 1 is 1.08 bits per heavy atom. The minimum atomic E-state index is -0.135. The number of nitrogens with one attached hydrogen (secondary N) is 1. The van der Waals surface area contributed by atoms with Gasteiger partial charge in [0.2, 0.25) is 0 Å². The molecule has 1 fully saturated rings. The summed E-state index contributed by atoms with van der Waals surface area (Å²) in [5, 5.41) is 3.50. The Morgan fingerprint density at radius 3 is 2.58 bits per heavy atom. The number of rotatable bonds is 4. The summed E-state index contributed by atoms with van der Waals surface area (Å²) in [5.74, 6) is 1.45. The predicted molar refractivity (Wildman–Crippen MR) is 92.1 cm³/mol. The number of benzene rings is 2. The van der Waals surface area contributed by atoms with Crippen LogP contribution in [0, 0.1) is 0 Å². The average Bonchev–Trinajstić information content (AvgIpc) is 3.41. The number of carbonyl (C=O) groups is 1. The SMILES string of the molecule is O=C(NCC1(c2ccc3c(c2)OCCO3)CC1)c1ccccc1Cl. The van der Waals surface area contributed by atoms with E-state index >= 15 is 0 Å². The van der Waals surface area contributed by atoms with Gasteiger partial charge in [-0.25, -0.2) is 0 Å². The molecule has 1 amide bonds. The average molecular weight is 344 g/mol. The van der Waals surface area contributed by atoms with E-state index in [1.54, 1.807) is 12.1 Å². The Labute approximate surface area is 145 Å². The van der Waals surface area contributed by atoms with E-state index in [2.05, 4.69) is 11.4 Å². The van der Waals surface area contributed by atoms with Crippen molar-refractivity contribution in [3.63, 3.8) is 0 Å². The maximum Gasteiger partial charge on any atom is 0.252 e. The van der Waals surface area contributed by atoms with Gasteiger partial charge in [-0.2, -0.15) is 0 Å². The number of fused-ring (bicyclic) bond motifs is 1. The van der Waals surface area contributed by atoms with E-state index in [-0.39, 0.29) is 11.3 Å². The van der Waals surface area contributed by atoms with Crippen molar-refractivity contribution < 1.29 is 14.3 Å². The number of halogens is 1. The molecule has 0 saturated heterocycles. The molecule has 0 atom stereocenters. The normalized spacial score (nSPS) is 17.2. The largest absolute Gasteiger partial charge is 0.486 e. The van der Waals surface area contributed by atoms with Gasteiger partial charge >= 0.3 is 0 Å². The van der Waals surface area contributed by atoms with E-state index in [1.807, 2.05) is 24.3 Å². The lowest BCUT2D eigenvalue weighted by Gasteiger charge is -2.22. The highest BCUT2D eigenvalue weighted by atomic mass is 35.5. The van der Waals surface area contributed by atoms with Gasteiger partial charge in [-0.05, 0) is 42.7 Å². The minimum absolute atomic E-state index is 0.00719. The van der Waals surface area contributed by atoms with Crippen LogP contribution >= 0.6 is 11.6 Å². The third-order valence-electron chi connectivity index (χ3n) is 4.71. The third-order valence-corrected chi connectivity index (χ3v) is 5.04. The van der Waals surface area contributed by atoms with E-state index in [0.29, 0.717) is 30.3 Å². The molecule has 0 spiro atoms. The second-order valence-corrected chi connectivity index (χ2v) is 6.71. The van der Waals surface area contributed by atoms with Gasteiger partial charge in [-0.3, -0.25) is 4.79 Å². The zero-order chi connectivity index (χ0) is 16.6. The Hall–Kier alpha value is -2.20. The van der Waals surface area contributed by atoms with Crippen LogP contribution in [0.3, 0.4) is 0 Å². The van der Waals surface area contributed by atoms with Crippen LogP contribution in [0.5, 0.6) is 11.5 Å². The summed E-state index contributed by atoms with van der Waals surface area (Å²) in [7, 11) is 0. The van der Waals surface area contributed by atoms with E-state index in [9.17, 15) is 4.79 Å². The molecular weight excluding hydrogens is 326 g/mol. The monoisotopic (exact) mass is 343 g/mol. The van der Waals surface area contributed by atoms with Crippen molar-refractivity contribution in [1.82, 2.24) is 5.32 Å². The number of hydrogen-bond donors (Lipinski definition) is 1. The maximum atomic E-state index is 12.4. The van der Waals surface area contributed by atoms with Crippen molar-refractivity contribution in [3.05, 3.63) is 58.6 Å². The molecule has 4 rings (SSSR count). The Morgan fingerprint density at radius 2 is 1.83 bits per heavy atom. The molecule has 0 radical (unpaired) electrons. The molecule has 4 nitrogen and oxygen atoms in total. The van der Waals surface area contributed by atoms with Crippen LogP contribution in [0.25, 0.3) is 0 Å². The smallest absolute Gasteiger partial charge is 0.252 e. The number of hydrogen-bond acceptors (Lipinski definition) is 3. The Balaban J connectivity index is 1.48. The summed E-state index contributed by atoms with van der Waals surface area (Å²) >= 11 is 6.09. The molecule has 0 aromatic heterocycles. The van der Waals surface area contributed by atoms with Crippen LogP contribution in [0.4, 0.5) is 0 Å². The first-order valence-corrected chi connectivity index (χ1v) is 8.49. The van der Waals surface area contributed by atoms with Crippen molar-refractivity contribution in [2.45, 2.75) is 18.3 Å². The topological polar surface area (TPSA) is 47.6 Å². The molecular formula is C19H18ClNO3. The van der Waals surface area contributed by atoms with Gasteiger partial charge in [-0.1, -0.05) is 29.8 Å². The van der Waals surface area contributed by atoms with E-state index in [1.165, 1.54) is 5.56 Å². The fourth-order valence-electron chi connectivity index (χ4n) is 3.08. The van der Waals surface area contributed by atoms with Gasteiger partial charge in [0.25, 0.3) is 5.91 Å². The predicted octanol–water partition coefficient (Wildman–Crippen LogP) is 3.57. The zero-order valence-electron chi connectivity index (χ0n) is 13.2. The van der Waals surface area contributed by atoms with Crippen LogP contribution in [-0.2, 0) is 5.41 Å². The quantitative estimate of drug-likeness (QED) is 0.923. The van der Waals surface area contributed by atoms with Gasteiger partial charge < -0.3 is 14.8 Å². The summed E-state index contributed by atoms with van der Waals surface area (Å²) in [4.78, 5) is 12.4. The molecule has 1 aliphatic heterocycles. The molecule has 1 heterocycles. The number of ether oxygens (including phenoxy) is 2. The number of carbonyl (C=O) groups excluding carboxylic acids is 1. The first kappa shape index (κ1) is 15.3. The first-order valence-electron chi connectivity index (χ1n) is 8.11. The van der Waals surface area contributed by atoms with Crippen molar-refractivity contribution in [3.8, 4) is 11.5 Å². The molecule has 2 aromatic carbocycles. The fraction of sp³-hybridized carbons (Fsp3) is 0.316. The summed E-state index contributed by atoms with van der Waals surface area (Å²) in [6, 6.07) is 13.2. The molecule has 1 N–H and O–H groups in total. The van der Waals surface area contributed by atoms with Crippen molar-refractivity contribution >= 4 is 17.5 Å². The summed E-state index contributed by atoms with van der Waals surface area (Å²) in [6.45, 7) is 1.76. The van der Waals surface area contributed by atoms with Gasteiger partial charge in [-0.15, -0.1) is 0 Å². The Kier molecular flexibility index (Phi) is 3.85. The van der Waals surface area contributed by atoms with Gasteiger partial charge in [0.05, 0.1) is 10.6 Å². The lowest BCUT2D eigenvalue weighted by atomic mass is 9.95. The maximum absolute atomic E-state index is 12.4. The zero-order valence-corrected chi connectivity index (χ0v) is 13.9. The lowest BCUT2D eigenvalue weighted by Crippen LogP contribution is -2.32. The summed E-state index contributed by atoms with van der Waals surface area (Å²) in [5.41, 5.74) is 1.69. The highest BCUT2D eigenvalue weighted by Crippen LogP contribution is 2.49. The van der Waals surface area contributed by atoms with Gasteiger partial charge in [0.15, 0.2) is 11.5 Å². The summed E-state index contributed by atoms with van der Waals surface area (Å²) < 4.78 is 11.2. The molecule has 124 valence electrons. The molecule has 0 bridgehead atoms. The molecule has 24 heavy (non-hydrogen) atoms. The van der Waals surface area contributed by atoms with E-state index < -0.39 is 0 Å². The van der Waals surface area contributed by atoms with Crippen LogP contribution in [0.15, 0.2) is 42.5 Å². The van der Waals surface area contributed by atoms with Crippen molar-refractivity contribution in [2.75, 3.05) is 19.8 Å². The molecule has 1 saturated carbocycles. The minimum Gasteiger partial charge on any atom is -0.486 e. The van der Waals surface area contributed by atoms with Crippen LogP contribution < -0.4 is 14.8 Å². The molecule has 5 heteroatoms. The molecule has 0 unspecified atom stereocenters. The standard InChI is InChI=1S/C19H18ClNO3/c20-15-4-2-1-3-14(15)18(22)21-12-19(7-8-19)13-5-6-16-17(11-13)24-10-9-23-16/h1-6,11H,7-10,12H2,(H,21,22). The number of amides is 1.